The number of hydrogen-bond acceptors (Lipinski definition) is 6. The Morgan fingerprint density at radius 1 is 1.61 bits per heavy atom. The Labute approximate surface area is 114 Å². The molecule has 1 fully saturated rings. The highest BCUT2D eigenvalue weighted by atomic mass is 32.2. The van der Waals surface area contributed by atoms with Crippen LogP contribution in [-0.4, -0.2) is 50.1 Å². The van der Waals surface area contributed by atoms with Crippen LogP contribution in [0.3, 0.4) is 0 Å². The molecular formula is C11H15N3O2S2. The van der Waals surface area contributed by atoms with Gasteiger partial charge in [0.15, 0.2) is 0 Å². The summed E-state index contributed by atoms with van der Waals surface area (Å²) in [6, 6.07) is 0. The van der Waals surface area contributed by atoms with Crippen molar-refractivity contribution in [2.75, 3.05) is 29.1 Å². The third-order valence-corrected chi connectivity index (χ3v) is 5.43. The summed E-state index contributed by atoms with van der Waals surface area (Å²) in [6.45, 7) is 2.51. The second-order valence-corrected chi connectivity index (χ2v) is 6.50. The number of carboxylic acids is 1. The summed E-state index contributed by atoms with van der Waals surface area (Å²) >= 11 is 3.93. The van der Waals surface area contributed by atoms with Crippen LogP contribution in [-0.2, 0) is 0 Å². The summed E-state index contributed by atoms with van der Waals surface area (Å²) in [5, 5.41) is 12.6. The molecule has 1 aromatic rings. The Kier molecular flexibility index (Phi) is 4.71. The highest BCUT2D eigenvalue weighted by molar-refractivity contribution is 8.06. The predicted molar refractivity (Wildman–Crippen MR) is 75.8 cm³/mol. The molecule has 0 spiro atoms. The van der Waals surface area contributed by atoms with E-state index in [1.807, 2.05) is 23.5 Å². The van der Waals surface area contributed by atoms with Crippen LogP contribution < -0.4 is 5.32 Å². The van der Waals surface area contributed by atoms with Gasteiger partial charge >= 0.3 is 5.97 Å². The number of rotatable bonds is 4. The van der Waals surface area contributed by atoms with Crippen LogP contribution >= 0.6 is 23.5 Å². The minimum Gasteiger partial charge on any atom is -0.478 e. The van der Waals surface area contributed by atoms with E-state index in [1.165, 1.54) is 17.7 Å². The Morgan fingerprint density at radius 2 is 2.44 bits per heavy atom. The van der Waals surface area contributed by atoms with Gasteiger partial charge in [0.25, 0.3) is 0 Å². The Morgan fingerprint density at radius 3 is 3.06 bits per heavy atom. The fourth-order valence-electron chi connectivity index (χ4n) is 1.62. The summed E-state index contributed by atoms with van der Waals surface area (Å²) in [4.78, 5) is 19.0. The first-order chi connectivity index (χ1) is 8.66. The third kappa shape index (κ3) is 3.52. The minimum absolute atomic E-state index is 0.156. The van der Waals surface area contributed by atoms with Crippen LogP contribution in [0.5, 0.6) is 0 Å². The molecule has 1 aromatic heterocycles. The Balaban J connectivity index is 1.93. The molecule has 2 rings (SSSR count). The first-order valence-corrected chi connectivity index (χ1v) is 7.87. The van der Waals surface area contributed by atoms with Crippen molar-refractivity contribution in [1.29, 1.82) is 0 Å². The van der Waals surface area contributed by atoms with Crippen molar-refractivity contribution in [2.45, 2.75) is 12.2 Å². The van der Waals surface area contributed by atoms with Gasteiger partial charge in [-0.25, -0.2) is 14.8 Å². The standard InChI is InChI=1S/C11H15N3O2S2/c1-7-9(10(15)16)5-13-11(14-7)12-4-8-6-17-2-3-18-8/h5,8H,2-4,6H2,1H3,(H,15,16)(H,12,13,14). The molecule has 1 aliphatic heterocycles. The van der Waals surface area contributed by atoms with E-state index < -0.39 is 5.97 Å². The van der Waals surface area contributed by atoms with Gasteiger partial charge in [-0.1, -0.05) is 0 Å². The average Bonchev–Trinajstić information content (AvgIpc) is 2.37. The smallest absolute Gasteiger partial charge is 0.339 e. The largest absolute Gasteiger partial charge is 0.478 e. The van der Waals surface area contributed by atoms with E-state index in [-0.39, 0.29) is 5.56 Å². The van der Waals surface area contributed by atoms with E-state index in [0.717, 1.165) is 12.3 Å². The molecule has 0 aliphatic carbocycles. The molecule has 18 heavy (non-hydrogen) atoms. The lowest BCUT2D eigenvalue weighted by Gasteiger charge is -2.21. The van der Waals surface area contributed by atoms with Crippen molar-refractivity contribution < 1.29 is 9.90 Å². The number of nitrogens with one attached hydrogen (secondary N) is 1. The summed E-state index contributed by atoms with van der Waals surface area (Å²) in [6.07, 6.45) is 1.36. The van der Waals surface area contributed by atoms with Crippen LogP contribution in [0.15, 0.2) is 6.20 Å². The lowest BCUT2D eigenvalue weighted by Crippen LogP contribution is -2.24. The molecule has 1 unspecified atom stereocenters. The van der Waals surface area contributed by atoms with Crippen molar-refractivity contribution in [2.24, 2.45) is 0 Å². The second-order valence-electron chi connectivity index (χ2n) is 3.95. The molecule has 0 amide bonds. The van der Waals surface area contributed by atoms with E-state index in [0.29, 0.717) is 16.9 Å². The molecule has 98 valence electrons. The van der Waals surface area contributed by atoms with Crippen LogP contribution in [0, 0.1) is 6.92 Å². The van der Waals surface area contributed by atoms with Gasteiger partial charge in [-0.15, -0.1) is 0 Å². The zero-order valence-corrected chi connectivity index (χ0v) is 11.7. The fraction of sp³-hybridized carbons (Fsp3) is 0.545. The van der Waals surface area contributed by atoms with Gasteiger partial charge < -0.3 is 10.4 Å². The van der Waals surface area contributed by atoms with Crippen molar-refractivity contribution >= 4 is 35.4 Å². The van der Waals surface area contributed by atoms with Gasteiger partial charge in [-0.2, -0.15) is 23.5 Å². The normalized spacial score (nSPS) is 19.5. The van der Waals surface area contributed by atoms with Gasteiger partial charge in [0.1, 0.15) is 0 Å². The van der Waals surface area contributed by atoms with Crippen LogP contribution in [0.25, 0.3) is 0 Å². The number of carboxylic acid groups (broad SMARTS) is 1. The maximum absolute atomic E-state index is 10.8. The SMILES string of the molecule is Cc1nc(NCC2CSCCS2)ncc1C(=O)O. The van der Waals surface area contributed by atoms with E-state index in [2.05, 4.69) is 15.3 Å². The van der Waals surface area contributed by atoms with E-state index >= 15 is 0 Å². The number of aryl methyl sites for hydroxylation is 1. The van der Waals surface area contributed by atoms with Gasteiger partial charge in [0.2, 0.25) is 5.95 Å². The fourth-order valence-corrected chi connectivity index (χ4v) is 4.23. The average molecular weight is 285 g/mol. The molecule has 0 radical (unpaired) electrons. The molecular weight excluding hydrogens is 270 g/mol. The quantitative estimate of drug-likeness (QED) is 0.872. The summed E-state index contributed by atoms with van der Waals surface area (Å²) in [5.41, 5.74) is 0.647. The zero-order valence-electron chi connectivity index (χ0n) is 10.0. The molecule has 0 saturated carbocycles. The van der Waals surface area contributed by atoms with Crippen molar-refractivity contribution in [3.8, 4) is 0 Å². The monoisotopic (exact) mass is 285 g/mol. The zero-order chi connectivity index (χ0) is 13.0. The molecule has 7 heteroatoms. The van der Waals surface area contributed by atoms with E-state index in [4.69, 9.17) is 5.11 Å². The summed E-state index contributed by atoms with van der Waals surface area (Å²) in [5.74, 6) is 3.08. The molecule has 0 aromatic carbocycles. The van der Waals surface area contributed by atoms with Crippen molar-refractivity contribution in [3.05, 3.63) is 17.5 Å². The molecule has 1 aliphatic rings. The number of aromatic carboxylic acids is 1. The van der Waals surface area contributed by atoms with E-state index in [9.17, 15) is 4.79 Å². The topological polar surface area (TPSA) is 75.1 Å². The van der Waals surface area contributed by atoms with Gasteiger partial charge in [-0.05, 0) is 6.92 Å². The minimum atomic E-state index is -0.988. The number of thioether (sulfide) groups is 2. The van der Waals surface area contributed by atoms with Crippen molar-refractivity contribution in [3.63, 3.8) is 0 Å². The molecule has 0 bridgehead atoms. The van der Waals surface area contributed by atoms with Gasteiger partial charge in [0.05, 0.1) is 11.3 Å². The lowest BCUT2D eigenvalue weighted by molar-refractivity contribution is 0.0695. The molecule has 2 heterocycles. The second kappa shape index (κ2) is 6.29. The number of carbonyl (C=O) groups is 1. The first-order valence-electron chi connectivity index (χ1n) is 5.67. The molecule has 1 saturated heterocycles. The number of anilines is 1. The highest BCUT2D eigenvalue weighted by Gasteiger charge is 2.15. The Bertz CT molecular complexity index is 436. The van der Waals surface area contributed by atoms with Crippen LogP contribution in [0.1, 0.15) is 16.1 Å². The lowest BCUT2D eigenvalue weighted by atomic mass is 10.2. The number of hydrogen-bond donors (Lipinski definition) is 2. The molecule has 2 N–H and O–H groups in total. The molecule has 1 atom stereocenters. The van der Waals surface area contributed by atoms with Crippen LogP contribution in [0.2, 0.25) is 0 Å². The molecule has 5 nitrogen and oxygen atoms in total. The highest BCUT2D eigenvalue weighted by Crippen LogP contribution is 2.23. The van der Waals surface area contributed by atoms with Gasteiger partial charge in [-0.3, -0.25) is 0 Å². The van der Waals surface area contributed by atoms with Crippen LogP contribution in [0.4, 0.5) is 5.95 Å². The maximum Gasteiger partial charge on any atom is 0.339 e. The third-order valence-electron chi connectivity index (χ3n) is 2.58. The number of aromatic nitrogens is 2. The maximum atomic E-state index is 10.8. The van der Waals surface area contributed by atoms with Crippen molar-refractivity contribution in [1.82, 2.24) is 9.97 Å². The number of nitrogens with zero attached hydrogens (tertiary/aromatic N) is 2. The van der Waals surface area contributed by atoms with E-state index in [1.54, 1.807) is 6.92 Å². The first kappa shape index (κ1) is 13.5. The Hall–Kier alpha value is -0.950. The summed E-state index contributed by atoms with van der Waals surface area (Å²) < 4.78 is 0. The summed E-state index contributed by atoms with van der Waals surface area (Å²) in [7, 11) is 0. The van der Waals surface area contributed by atoms with Gasteiger partial charge in [0, 0.05) is 35.3 Å². The predicted octanol–water partition coefficient (Wildman–Crippen LogP) is 1.74.